The number of amides is 1. The Balaban J connectivity index is 1.97. The van der Waals surface area contributed by atoms with Crippen LogP contribution in [0.1, 0.15) is 18.2 Å². The Morgan fingerprint density at radius 1 is 1.62 bits per heavy atom. The van der Waals surface area contributed by atoms with Crippen LogP contribution in [0.25, 0.3) is 0 Å². The molecule has 0 spiro atoms. The van der Waals surface area contributed by atoms with Gasteiger partial charge in [0.05, 0.1) is 11.5 Å². The molecule has 6 heteroatoms. The van der Waals surface area contributed by atoms with Crippen molar-refractivity contribution >= 4 is 40.4 Å². The van der Waals surface area contributed by atoms with Gasteiger partial charge in [-0.15, -0.1) is 16.4 Å². The van der Waals surface area contributed by atoms with E-state index in [9.17, 15) is 4.79 Å². The van der Waals surface area contributed by atoms with Gasteiger partial charge in [0.2, 0.25) is 5.91 Å². The maximum atomic E-state index is 11.3. The van der Waals surface area contributed by atoms with Crippen LogP contribution in [0.15, 0.2) is 27.7 Å². The van der Waals surface area contributed by atoms with Crippen molar-refractivity contribution in [1.82, 2.24) is 5.32 Å². The van der Waals surface area contributed by atoms with Crippen LogP contribution >= 0.6 is 23.1 Å². The zero-order chi connectivity index (χ0) is 11.4. The molecule has 0 aromatic carbocycles. The normalized spacial score (nSPS) is 23.2. The van der Waals surface area contributed by atoms with Gasteiger partial charge in [-0.05, 0) is 17.9 Å². The lowest BCUT2D eigenvalue weighted by atomic mass is 10.3. The molecule has 0 unspecified atom stereocenters. The first-order valence-corrected chi connectivity index (χ1v) is 6.67. The number of thioether (sulfide) groups is 1. The number of nitrogens with one attached hydrogen (secondary N) is 1. The van der Waals surface area contributed by atoms with E-state index in [-0.39, 0.29) is 11.2 Å². The molecule has 0 aliphatic carbocycles. The topological polar surface area (TPSA) is 53.8 Å². The number of hydrogen-bond acceptors (Lipinski definition) is 5. The summed E-state index contributed by atoms with van der Waals surface area (Å²) in [4.78, 5) is 12.4. The molecule has 1 aliphatic rings. The van der Waals surface area contributed by atoms with E-state index in [0.717, 1.165) is 11.3 Å². The maximum Gasteiger partial charge on any atom is 0.239 e. The zero-order valence-corrected chi connectivity index (χ0v) is 10.3. The molecule has 0 bridgehead atoms. The lowest BCUT2D eigenvalue weighted by Crippen LogP contribution is -2.24. The highest BCUT2D eigenvalue weighted by atomic mass is 32.2. The van der Waals surface area contributed by atoms with Gasteiger partial charge >= 0.3 is 0 Å². The molecular formula is C10H11N3OS2. The smallest absolute Gasteiger partial charge is 0.239 e. The SMILES string of the molecule is CC[C@@H]1S/C(=N\N=C/c2cccs2)NC1=O. The van der Waals surface area contributed by atoms with Crippen molar-refractivity contribution in [1.29, 1.82) is 0 Å². The third-order valence-electron chi connectivity index (χ3n) is 2.02. The van der Waals surface area contributed by atoms with Crippen LogP contribution in [-0.2, 0) is 4.79 Å². The lowest BCUT2D eigenvalue weighted by molar-refractivity contribution is -0.118. The minimum absolute atomic E-state index is 0.0179. The fourth-order valence-corrected chi connectivity index (χ4v) is 2.66. The number of amidine groups is 1. The summed E-state index contributed by atoms with van der Waals surface area (Å²) in [5.41, 5.74) is 0. The van der Waals surface area contributed by atoms with Gasteiger partial charge in [0, 0.05) is 4.88 Å². The van der Waals surface area contributed by atoms with Gasteiger partial charge in [0.25, 0.3) is 0 Å². The highest BCUT2D eigenvalue weighted by Crippen LogP contribution is 2.21. The number of nitrogens with zero attached hydrogens (tertiary/aromatic N) is 2. The Kier molecular flexibility index (Phi) is 3.74. The molecule has 1 saturated heterocycles. The van der Waals surface area contributed by atoms with E-state index in [1.165, 1.54) is 11.8 Å². The van der Waals surface area contributed by atoms with E-state index in [1.807, 2.05) is 24.4 Å². The highest BCUT2D eigenvalue weighted by Gasteiger charge is 2.28. The molecule has 84 valence electrons. The molecular weight excluding hydrogens is 242 g/mol. The van der Waals surface area contributed by atoms with Crippen molar-refractivity contribution in [2.75, 3.05) is 0 Å². The summed E-state index contributed by atoms with van der Waals surface area (Å²) in [6.45, 7) is 1.98. The van der Waals surface area contributed by atoms with Crippen LogP contribution in [-0.4, -0.2) is 22.5 Å². The predicted octanol–water partition coefficient (Wildman–Crippen LogP) is 2.08. The molecule has 2 rings (SSSR count). The Bertz CT molecular complexity index is 425. The summed E-state index contributed by atoms with van der Waals surface area (Å²) in [7, 11) is 0. The van der Waals surface area contributed by atoms with Gasteiger partial charge in [0.1, 0.15) is 0 Å². The summed E-state index contributed by atoms with van der Waals surface area (Å²) < 4.78 is 0. The molecule has 1 fully saturated rings. The van der Waals surface area contributed by atoms with Gasteiger partial charge in [-0.3, -0.25) is 4.79 Å². The second-order valence-electron chi connectivity index (χ2n) is 3.17. The van der Waals surface area contributed by atoms with Crippen molar-refractivity contribution in [2.24, 2.45) is 10.2 Å². The second-order valence-corrected chi connectivity index (χ2v) is 5.34. The van der Waals surface area contributed by atoms with E-state index in [4.69, 9.17) is 0 Å². The zero-order valence-electron chi connectivity index (χ0n) is 8.71. The van der Waals surface area contributed by atoms with E-state index in [0.29, 0.717) is 5.17 Å². The molecule has 4 nitrogen and oxygen atoms in total. The predicted molar refractivity (Wildman–Crippen MR) is 69.2 cm³/mol. The van der Waals surface area contributed by atoms with E-state index in [1.54, 1.807) is 17.6 Å². The second kappa shape index (κ2) is 5.27. The molecule has 16 heavy (non-hydrogen) atoms. The van der Waals surface area contributed by atoms with Crippen LogP contribution in [0.2, 0.25) is 0 Å². The maximum absolute atomic E-state index is 11.3. The van der Waals surface area contributed by atoms with E-state index < -0.39 is 0 Å². The third-order valence-corrected chi connectivity index (χ3v) is 4.07. The first-order valence-electron chi connectivity index (χ1n) is 4.91. The van der Waals surface area contributed by atoms with Crippen molar-refractivity contribution in [3.8, 4) is 0 Å². The first kappa shape index (κ1) is 11.3. The quantitative estimate of drug-likeness (QED) is 0.662. The van der Waals surface area contributed by atoms with Gasteiger partial charge in [0.15, 0.2) is 5.17 Å². The first-order chi connectivity index (χ1) is 7.79. The molecule has 1 aromatic rings. The minimum Gasteiger partial charge on any atom is -0.303 e. The van der Waals surface area contributed by atoms with E-state index >= 15 is 0 Å². The molecule has 1 aliphatic heterocycles. The monoisotopic (exact) mass is 253 g/mol. The van der Waals surface area contributed by atoms with Crippen LogP contribution in [0.5, 0.6) is 0 Å². The van der Waals surface area contributed by atoms with Gasteiger partial charge in [-0.2, -0.15) is 5.10 Å². The van der Waals surface area contributed by atoms with Gasteiger partial charge < -0.3 is 5.32 Å². The Morgan fingerprint density at radius 3 is 3.12 bits per heavy atom. The van der Waals surface area contributed by atoms with Crippen molar-refractivity contribution in [3.63, 3.8) is 0 Å². The fraction of sp³-hybridized carbons (Fsp3) is 0.300. The van der Waals surface area contributed by atoms with Crippen molar-refractivity contribution in [2.45, 2.75) is 18.6 Å². The Morgan fingerprint density at radius 2 is 2.50 bits per heavy atom. The largest absolute Gasteiger partial charge is 0.303 e. The standard InChI is InChI=1S/C10H11N3OS2/c1-2-8-9(14)12-10(16-8)13-11-6-7-4-3-5-15-7/h3-6,8H,2H2,1H3,(H,12,13,14)/b11-6-/t8-/m0/s1. The fourth-order valence-electron chi connectivity index (χ4n) is 1.22. The average molecular weight is 253 g/mol. The van der Waals surface area contributed by atoms with Crippen LogP contribution < -0.4 is 5.32 Å². The van der Waals surface area contributed by atoms with Crippen molar-refractivity contribution in [3.05, 3.63) is 22.4 Å². The van der Waals surface area contributed by atoms with Crippen LogP contribution in [0.4, 0.5) is 0 Å². The van der Waals surface area contributed by atoms with Gasteiger partial charge in [-0.25, -0.2) is 0 Å². The van der Waals surface area contributed by atoms with Gasteiger partial charge in [-0.1, -0.05) is 24.8 Å². The molecule has 1 atom stereocenters. The summed E-state index contributed by atoms with van der Waals surface area (Å²) in [6.07, 6.45) is 2.49. The molecule has 1 amide bonds. The number of carbonyl (C=O) groups is 1. The van der Waals surface area contributed by atoms with E-state index in [2.05, 4.69) is 15.5 Å². The molecule has 2 heterocycles. The Hall–Kier alpha value is -1.14. The molecule has 1 aromatic heterocycles. The summed E-state index contributed by atoms with van der Waals surface area (Å²) in [5, 5.41) is 13.2. The molecule has 1 N–H and O–H groups in total. The van der Waals surface area contributed by atoms with Crippen LogP contribution in [0.3, 0.4) is 0 Å². The number of hydrogen-bond donors (Lipinski definition) is 1. The minimum atomic E-state index is -0.0179. The van der Waals surface area contributed by atoms with Crippen LogP contribution in [0, 0.1) is 0 Å². The summed E-state index contributed by atoms with van der Waals surface area (Å²) in [6, 6.07) is 3.92. The number of thiophene rings is 1. The Labute approximate surface area is 102 Å². The summed E-state index contributed by atoms with van der Waals surface area (Å²) in [5.74, 6) is 0.0255. The molecule has 0 radical (unpaired) electrons. The highest BCUT2D eigenvalue weighted by molar-refractivity contribution is 8.15. The number of carbonyl (C=O) groups excluding carboxylic acids is 1. The number of rotatable bonds is 3. The summed E-state index contributed by atoms with van der Waals surface area (Å²) >= 11 is 3.03. The third kappa shape index (κ3) is 2.70. The lowest BCUT2D eigenvalue weighted by Gasteiger charge is -1.95. The molecule has 0 saturated carbocycles. The van der Waals surface area contributed by atoms with Crippen molar-refractivity contribution < 1.29 is 4.79 Å². The average Bonchev–Trinajstić information content (AvgIpc) is 2.88.